The number of carbonyl (C=O) groups is 2. The van der Waals surface area contributed by atoms with Gasteiger partial charge >= 0.3 is 0 Å². The largest absolute Gasteiger partial charge is 0.497 e. The lowest BCUT2D eigenvalue weighted by Gasteiger charge is -2.37. The van der Waals surface area contributed by atoms with E-state index in [1.807, 2.05) is 4.90 Å². The molecule has 1 saturated carbocycles. The summed E-state index contributed by atoms with van der Waals surface area (Å²) in [5, 5.41) is 3.32. The van der Waals surface area contributed by atoms with Crippen LogP contribution < -0.4 is 14.8 Å². The third-order valence-corrected chi connectivity index (χ3v) is 6.61. The molecule has 0 aromatic heterocycles. The van der Waals surface area contributed by atoms with E-state index in [0.717, 1.165) is 0 Å². The summed E-state index contributed by atoms with van der Waals surface area (Å²) >= 11 is 0. The summed E-state index contributed by atoms with van der Waals surface area (Å²) in [4.78, 5) is 27.6. The van der Waals surface area contributed by atoms with Gasteiger partial charge in [0.2, 0.25) is 5.91 Å². The van der Waals surface area contributed by atoms with Gasteiger partial charge < -0.3 is 19.7 Å². The second-order valence-electron chi connectivity index (χ2n) is 8.59. The topological polar surface area (TPSA) is 67.9 Å². The average Bonchev–Trinajstić information content (AvgIpc) is 2.75. The predicted octanol–water partition coefficient (Wildman–Crippen LogP) is 3.50. The van der Waals surface area contributed by atoms with Gasteiger partial charge in [-0.3, -0.25) is 9.59 Å². The highest BCUT2D eigenvalue weighted by Crippen LogP contribution is 2.30. The molecule has 1 aromatic carbocycles. The van der Waals surface area contributed by atoms with Crippen LogP contribution in [0.2, 0.25) is 0 Å². The predicted molar refractivity (Wildman–Crippen MR) is 112 cm³/mol. The van der Waals surface area contributed by atoms with Gasteiger partial charge in [-0.05, 0) is 49.7 Å². The number of ether oxygens (including phenoxy) is 2. The summed E-state index contributed by atoms with van der Waals surface area (Å²) in [6.07, 6.45) is 5.03. The number of methoxy groups -OCH3 is 2. The molecule has 29 heavy (non-hydrogen) atoms. The molecule has 0 radical (unpaired) electrons. The fraction of sp³-hybridized carbons (Fsp3) is 0.652. The van der Waals surface area contributed by atoms with Crippen molar-refractivity contribution in [1.82, 2.24) is 10.2 Å². The van der Waals surface area contributed by atoms with Gasteiger partial charge in [0.1, 0.15) is 11.5 Å². The molecule has 160 valence electrons. The van der Waals surface area contributed by atoms with Gasteiger partial charge in [0.25, 0.3) is 5.91 Å². The minimum Gasteiger partial charge on any atom is -0.497 e. The van der Waals surface area contributed by atoms with E-state index in [1.54, 1.807) is 32.4 Å². The van der Waals surface area contributed by atoms with Crippen LogP contribution in [0.15, 0.2) is 18.2 Å². The number of nitrogens with zero attached hydrogens (tertiary/aromatic N) is 1. The van der Waals surface area contributed by atoms with Crippen molar-refractivity contribution in [1.29, 1.82) is 0 Å². The van der Waals surface area contributed by atoms with E-state index >= 15 is 0 Å². The zero-order valence-electron chi connectivity index (χ0n) is 18.1. The highest BCUT2D eigenvalue weighted by Gasteiger charge is 2.33. The maximum Gasteiger partial charge on any atom is 0.254 e. The van der Waals surface area contributed by atoms with Crippen LogP contribution in [0.3, 0.4) is 0 Å². The fourth-order valence-corrected chi connectivity index (χ4v) is 4.71. The quantitative estimate of drug-likeness (QED) is 0.819. The highest BCUT2D eigenvalue weighted by atomic mass is 16.5. The van der Waals surface area contributed by atoms with Gasteiger partial charge in [0.15, 0.2) is 0 Å². The van der Waals surface area contributed by atoms with Gasteiger partial charge in [0, 0.05) is 36.7 Å². The van der Waals surface area contributed by atoms with E-state index in [0.29, 0.717) is 54.8 Å². The van der Waals surface area contributed by atoms with Crippen molar-refractivity contribution < 1.29 is 19.1 Å². The van der Waals surface area contributed by atoms with Crippen molar-refractivity contribution in [2.24, 2.45) is 17.8 Å². The molecule has 1 N–H and O–H groups in total. The lowest BCUT2D eigenvalue weighted by atomic mass is 9.78. The lowest BCUT2D eigenvalue weighted by Crippen LogP contribution is -2.50. The second-order valence-corrected chi connectivity index (χ2v) is 8.59. The first-order valence-corrected chi connectivity index (χ1v) is 10.8. The number of hydrogen-bond donors (Lipinski definition) is 1. The van der Waals surface area contributed by atoms with Crippen LogP contribution in [0.5, 0.6) is 11.5 Å². The maximum atomic E-state index is 12.9. The first-order chi connectivity index (χ1) is 13.9. The van der Waals surface area contributed by atoms with Crippen LogP contribution in [-0.4, -0.2) is 50.1 Å². The molecular weight excluding hydrogens is 368 g/mol. The molecule has 2 atom stereocenters. The van der Waals surface area contributed by atoms with E-state index in [2.05, 4.69) is 19.2 Å². The number of piperidine rings is 1. The van der Waals surface area contributed by atoms with Gasteiger partial charge in [-0.2, -0.15) is 0 Å². The summed E-state index contributed by atoms with van der Waals surface area (Å²) in [5.74, 6) is 2.36. The zero-order valence-corrected chi connectivity index (χ0v) is 18.1. The van der Waals surface area contributed by atoms with Gasteiger partial charge in [-0.15, -0.1) is 0 Å². The molecule has 0 bridgehead atoms. The number of nitrogens with one attached hydrogen (secondary N) is 1. The molecule has 1 aromatic rings. The molecule has 2 unspecified atom stereocenters. The Labute approximate surface area is 173 Å². The third kappa shape index (κ3) is 5.03. The summed E-state index contributed by atoms with van der Waals surface area (Å²) in [6.45, 7) is 5.66. The van der Waals surface area contributed by atoms with Crippen molar-refractivity contribution in [2.75, 3.05) is 27.3 Å². The van der Waals surface area contributed by atoms with Crippen LogP contribution in [0, 0.1) is 17.8 Å². The normalized spacial score (nSPS) is 25.4. The molecule has 1 aliphatic heterocycles. The highest BCUT2D eigenvalue weighted by molar-refractivity contribution is 5.95. The van der Waals surface area contributed by atoms with Crippen molar-refractivity contribution in [2.45, 2.75) is 52.0 Å². The average molecular weight is 403 g/mol. The number of carbonyl (C=O) groups excluding carboxylic acids is 2. The van der Waals surface area contributed by atoms with Crippen LogP contribution >= 0.6 is 0 Å². The lowest BCUT2D eigenvalue weighted by molar-refractivity contribution is -0.128. The molecule has 3 rings (SSSR count). The Morgan fingerprint density at radius 2 is 1.48 bits per heavy atom. The van der Waals surface area contributed by atoms with Crippen molar-refractivity contribution in [3.63, 3.8) is 0 Å². The fourth-order valence-electron chi connectivity index (χ4n) is 4.71. The van der Waals surface area contributed by atoms with E-state index < -0.39 is 0 Å². The SMILES string of the molecule is COc1cc(OC)cc(C(=O)N2CCC(C(=O)NC3C(C)CCCC3C)CC2)c1. The van der Waals surface area contributed by atoms with Crippen LogP contribution in [0.1, 0.15) is 56.3 Å². The Hall–Kier alpha value is -2.24. The Balaban J connectivity index is 1.57. The van der Waals surface area contributed by atoms with Crippen molar-refractivity contribution in [3.05, 3.63) is 23.8 Å². The minimum absolute atomic E-state index is 0.0137. The van der Waals surface area contributed by atoms with Gasteiger partial charge in [0.05, 0.1) is 14.2 Å². The smallest absolute Gasteiger partial charge is 0.254 e. The Kier molecular flexibility index (Phi) is 7.04. The molecule has 1 heterocycles. The number of rotatable bonds is 5. The molecule has 6 nitrogen and oxygen atoms in total. The first-order valence-electron chi connectivity index (χ1n) is 10.8. The summed E-state index contributed by atoms with van der Waals surface area (Å²) < 4.78 is 10.5. The minimum atomic E-state index is -0.0458. The molecular formula is C23H34N2O4. The van der Waals surface area contributed by atoms with Crippen LogP contribution in [0.4, 0.5) is 0 Å². The van der Waals surface area contributed by atoms with E-state index in [1.165, 1.54) is 19.3 Å². The van der Waals surface area contributed by atoms with Crippen LogP contribution in [-0.2, 0) is 4.79 Å². The third-order valence-electron chi connectivity index (χ3n) is 6.61. The maximum absolute atomic E-state index is 12.9. The van der Waals surface area contributed by atoms with Crippen molar-refractivity contribution >= 4 is 11.8 Å². The molecule has 2 aliphatic rings. The number of likely N-dealkylation sites (tertiary alicyclic amines) is 1. The van der Waals surface area contributed by atoms with Gasteiger partial charge in [-0.25, -0.2) is 0 Å². The van der Waals surface area contributed by atoms with Gasteiger partial charge in [-0.1, -0.05) is 20.3 Å². The van der Waals surface area contributed by atoms with Crippen molar-refractivity contribution in [3.8, 4) is 11.5 Å². The van der Waals surface area contributed by atoms with E-state index in [9.17, 15) is 9.59 Å². The molecule has 0 spiro atoms. The Bertz CT molecular complexity index is 695. The summed E-state index contributed by atoms with van der Waals surface area (Å²) in [7, 11) is 3.14. The Morgan fingerprint density at radius 3 is 2.00 bits per heavy atom. The number of amides is 2. The molecule has 2 amide bonds. The zero-order chi connectivity index (χ0) is 21.0. The molecule has 6 heteroatoms. The number of benzene rings is 1. The molecule has 2 fully saturated rings. The van der Waals surface area contributed by atoms with E-state index in [4.69, 9.17) is 9.47 Å². The molecule has 1 aliphatic carbocycles. The first kappa shape index (κ1) is 21.5. The monoisotopic (exact) mass is 402 g/mol. The van der Waals surface area contributed by atoms with Crippen LogP contribution in [0.25, 0.3) is 0 Å². The Morgan fingerprint density at radius 1 is 0.931 bits per heavy atom. The van der Waals surface area contributed by atoms with E-state index in [-0.39, 0.29) is 23.8 Å². The summed E-state index contributed by atoms with van der Waals surface area (Å²) in [6, 6.07) is 5.49. The second kappa shape index (κ2) is 9.51. The standard InChI is InChI=1S/C23H34N2O4/c1-15-6-5-7-16(2)21(15)24-22(26)17-8-10-25(11-9-17)23(27)18-12-19(28-3)14-20(13-18)29-4/h12-17,21H,5-11H2,1-4H3,(H,24,26). The molecule has 1 saturated heterocycles. The number of hydrogen-bond acceptors (Lipinski definition) is 4. The summed E-state index contributed by atoms with van der Waals surface area (Å²) in [5.41, 5.74) is 0.550.